The predicted octanol–water partition coefficient (Wildman–Crippen LogP) is 3.20. The number of rotatable bonds is 6. The summed E-state index contributed by atoms with van der Waals surface area (Å²) in [5.41, 5.74) is 0.420. The molecule has 3 heterocycles. The van der Waals surface area contributed by atoms with Gasteiger partial charge in [0.1, 0.15) is 23.7 Å². The van der Waals surface area contributed by atoms with Crippen LogP contribution in [0.5, 0.6) is 0 Å². The molecule has 6 atom stereocenters. The van der Waals surface area contributed by atoms with Crippen LogP contribution >= 0.6 is 0 Å². The number of halogens is 3. The van der Waals surface area contributed by atoms with E-state index in [9.17, 15) is 45.6 Å². The van der Waals surface area contributed by atoms with Gasteiger partial charge in [-0.3, -0.25) is 19.1 Å². The summed E-state index contributed by atoms with van der Waals surface area (Å²) in [5.74, 6) is -3.07. The van der Waals surface area contributed by atoms with Crippen molar-refractivity contribution in [1.29, 1.82) is 0 Å². The number of benzene rings is 1. The molecule has 18 heteroatoms. The molecule has 0 radical (unpaired) electrons. The van der Waals surface area contributed by atoms with Gasteiger partial charge in [0, 0.05) is 25.4 Å². The van der Waals surface area contributed by atoms with Gasteiger partial charge in [0.05, 0.1) is 11.8 Å². The number of carbonyl (C=O) groups excluding carboxylic acids is 5. The van der Waals surface area contributed by atoms with Gasteiger partial charge in [-0.25, -0.2) is 18.0 Å². The Balaban J connectivity index is 1.24. The zero-order valence-electron chi connectivity index (χ0n) is 29.2. The number of allylic oxidation sites excluding steroid dienone is 1. The van der Waals surface area contributed by atoms with Crippen LogP contribution < -0.4 is 15.4 Å². The molecule has 14 nitrogen and oxygen atoms in total. The number of carbonyl (C=O) groups is 5. The van der Waals surface area contributed by atoms with Gasteiger partial charge in [-0.2, -0.15) is 13.2 Å². The quantitative estimate of drug-likeness (QED) is 0.367. The van der Waals surface area contributed by atoms with E-state index in [0.29, 0.717) is 58.4 Å². The lowest BCUT2D eigenvalue weighted by Gasteiger charge is -2.30. The summed E-state index contributed by atoms with van der Waals surface area (Å²) in [6.45, 7) is 1.02. The van der Waals surface area contributed by atoms with Crippen molar-refractivity contribution in [3.63, 3.8) is 0 Å². The number of amides is 5. The molecule has 5 amide bonds. The minimum Gasteiger partial charge on any atom is -0.444 e. The van der Waals surface area contributed by atoms with E-state index in [1.165, 1.54) is 4.90 Å². The number of nitrogens with zero attached hydrogens (tertiary/aromatic N) is 2. The Labute approximate surface area is 305 Å². The van der Waals surface area contributed by atoms with Crippen LogP contribution in [0.1, 0.15) is 75.8 Å². The van der Waals surface area contributed by atoms with Crippen LogP contribution in [0.3, 0.4) is 0 Å². The second-order valence-corrected chi connectivity index (χ2v) is 16.4. The molecule has 2 saturated carbocycles. The Morgan fingerprint density at radius 3 is 2.51 bits per heavy atom. The molecule has 3 aliphatic heterocycles. The lowest BCUT2D eigenvalue weighted by molar-refractivity contribution is -0.197. The van der Waals surface area contributed by atoms with Gasteiger partial charge in [0.2, 0.25) is 21.8 Å². The maximum absolute atomic E-state index is 14.2. The number of nitrogens with one attached hydrogen (secondary N) is 3. The van der Waals surface area contributed by atoms with E-state index < -0.39 is 87.1 Å². The maximum atomic E-state index is 14.2. The highest BCUT2D eigenvalue weighted by molar-refractivity contribution is 7.91. The second-order valence-electron chi connectivity index (χ2n) is 14.5. The standard InChI is InChI=1S/C35H44F3N5O9S/c1-21(35(36,37)38)51-32(47)39-27-12-6-4-2-3-5-11-24-18-34(24,31(46)41-53(49,50)26-13-14-26)40-29(44)28-17-25(20-43(28)30(27)45)52-33(48)42-16-15-22-9-7-8-10-23(22)19-42/h5,7-11,21,24-28H,2-4,6,12-20H2,1H3,(H,39,47)(H,40,44)(H,41,46)/b11-5-/t21?,24-,25-,27+,28+,34-/m1/s1. The summed E-state index contributed by atoms with van der Waals surface area (Å²) >= 11 is 0. The molecule has 290 valence electrons. The minimum atomic E-state index is -4.84. The number of fused-ring (bicyclic) bond motifs is 3. The fraction of sp³-hybridized carbons (Fsp3) is 0.629. The first kappa shape index (κ1) is 38.4. The molecule has 1 unspecified atom stereocenters. The highest BCUT2D eigenvalue weighted by Gasteiger charge is 2.62. The molecule has 1 saturated heterocycles. The molecule has 0 spiro atoms. The topological polar surface area (TPSA) is 181 Å². The van der Waals surface area contributed by atoms with Crippen molar-refractivity contribution in [3.8, 4) is 0 Å². The molecular weight excluding hydrogens is 723 g/mol. The van der Waals surface area contributed by atoms with E-state index in [2.05, 4.69) is 20.1 Å². The normalized spacial score (nSPS) is 29.1. The van der Waals surface area contributed by atoms with Gasteiger partial charge in [-0.1, -0.05) is 49.3 Å². The minimum absolute atomic E-state index is 0.00845. The average molecular weight is 768 g/mol. The van der Waals surface area contributed by atoms with Gasteiger partial charge in [-0.05, 0) is 63.0 Å². The Hall–Kier alpha value is -4.35. The summed E-state index contributed by atoms with van der Waals surface area (Å²) in [7, 11) is -3.97. The SMILES string of the molecule is CC(OC(=O)N[C@H]1CCCCC/C=C\[C@@H]2C[C@@]2(C(=O)NS(=O)(=O)C2CC2)NC(=O)[C@@H]2C[C@@H](OC(=O)N3CCc4ccccc4C3)CN2C1=O)C(F)(F)F. The van der Waals surface area contributed by atoms with Gasteiger partial charge in [-0.15, -0.1) is 0 Å². The first-order valence-corrected chi connectivity index (χ1v) is 19.5. The fourth-order valence-corrected chi connectivity index (χ4v) is 8.48. The summed E-state index contributed by atoms with van der Waals surface area (Å²) in [5, 5.41) is 4.26. The first-order valence-electron chi connectivity index (χ1n) is 18.0. The third-order valence-corrected chi connectivity index (χ3v) is 12.4. The van der Waals surface area contributed by atoms with Crippen LogP contribution in [0.25, 0.3) is 0 Å². The van der Waals surface area contributed by atoms with E-state index in [1.54, 1.807) is 6.08 Å². The Kier molecular flexibility index (Phi) is 11.0. The van der Waals surface area contributed by atoms with Crippen molar-refractivity contribution in [1.82, 2.24) is 25.2 Å². The third kappa shape index (κ3) is 8.90. The Morgan fingerprint density at radius 1 is 1.06 bits per heavy atom. The Morgan fingerprint density at radius 2 is 1.79 bits per heavy atom. The summed E-state index contributed by atoms with van der Waals surface area (Å²) < 4.78 is 77.4. The largest absolute Gasteiger partial charge is 0.444 e. The van der Waals surface area contributed by atoms with Gasteiger partial charge in [0.25, 0.3) is 5.91 Å². The number of alkyl halides is 3. The zero-order chi connectivity index (χ0) is 38.1. The molecule has 53 heavy (non-hydrogen) atoms. The van der Waals surface area contributed by atoms with E-state index in [4.69, 9.17) is 4.74 Å². The molecule has 1 aromatic carbocycles. The molecule has 3 N–H and O–H groups in total. The van der Waals surface area contributed by atoms with Crippen LogP contribution in [0, 0.1) is 5.92 Å². The highest BCUT2D eigenvalue weighted by Crippen LogP contribution is 2.46. The molecule has 6 rings (SSSR count). The van der Waals surface area contributed by atoms with Gasteiger partial charge >= 0.3 is 18.4 Å². The van der Waals surface area contributed by atoms with E-state index in [0.717, 1.165) is 16.0 Å². The van der Waals surface area contributed by atoms with Crippen LogP contribution in [0.15, 0.2) is 36.4 Å². The molecule has 3 fully saturated rings. The lowest BCUT2D eigenvalue weighted by atomic mass is 10.0. The van der Waals surface area contributed by atoms with Crippen molar-refractivity contribution >= 4 is 39.9 Å². The van der Waals surface area contributed by atoms with Crippen LogP contribution in [-0.4, -0.2) is 102 Å². The van der Waals surface area contributed by atoms with Gasteiger partial charge < -0.3 is 29.9 Å². The predicted molar refractivity (Wildman–Crippen MR) is 181 cm³/mol. The lowest BCUT2D eigenvalue weighted by Crippen LogP contribution is -2.58. The monoisotopic (exact) mass is 767 g/mol. The molecule has 0 bridgehead atoms. The highest BCUT2D eigenvalue weighted by atomic mass is 32.2. The second kappa shape index (κ2) is 15.2. The number of alkyl carbamates (subject to hydrolysis) is 1. The van der Waals surface area contributed by atoms with E-state index in [1.807, 2.05) is 30.3 Å². The molecule has 0 aromatic heterocycles. The summed E-state index contributed by atoms with van der Waals surface area (Å²) in [6, 6.07) is 4.90. The molecule has 5 aliphatic rings. The van der Waals surface area contributed by atoms with Gasteiger partial charge in [0.15, 0.2) is 6.10 Å². The van der Waals surface area contributed by atoms with Crippen LogP contribution in [0.4, 0.5) is 22.8 Å². The van der Waals surface area contributed by atoms with Crippen molar-refractivity contribution in [3.05, 3.63) is 47.5 Å². The number of hydrogen-bond donors (Lipinski definition) is 3. The number of sulfonamides is 1. The third-order valence-electron chi connectivity index (χ3n) is 10.5. The molecular formula is C35H44F3N5O9S. The van der Waals surface area contributed by atoms with E-state index >= 15 is 0 Å². The first-order chi connectivity index (χ1) is 25.1. The zero-order valence-corrected chi connectivity index (χ0v) is 30.0. The molecule has 2 aliphatic carbocycles. The van der Waals surface area contributed by atoms with Crippen LogP contribution in [-0.2, 0) is 46.8 Å². The van der Waals surface area contributed by atoms with Crippen molar-refractivity contribution in [2.24, 2.45) is 5.92 Å². The van der Waals surface area contributed by atoms with Crippen molar-refractivity contribution in [2.45, 2.75) is 119 Å². The number of hydrogen-bond acceptors (Lipinski definition) is 9. The Bertz CT molecular complexity index is 1750. The molecule has 1 aromatic rings. The summed E-state index contributed by atoms with van der Waals surface area (Å²) in [6.07, 6.45) is -3.41. The number of ether oxygens (including phenoxy) is 2. The summed E-state index contributed by atoms with van der Waals surface area (Å²) in [4.78, 5) is 70.5. The van der Waals surface area contributed by atoms with Crippen LogP contribution in [0.2, 0.25) is 0 Å². The average Bonchev–Trinajstić information content (AvgIpc) is 4.03. The maximum Gasteiger partial charge on any atom is 0.425 e. The van der Waals surface area contributed by atoms with E-state index in [-0.39, 0.29) is 32.4 Å². The van der Waals surface area contributed by atoms with Crippen molar-refractivity contribution < 1.29 is 55.0 Å². The smallest absolute Gasteiger partial charge is 0.425 e. The fourth-order valence-electron chi connectivity index (χ4n) is 7.12. The van der Waals surface area contributed by atoms with Crippen molar-refractivity contribution in [2.75, 3.05) is 13.1 Å².